The Hall–Kier alpha value is -2.21. The average Bonchev–Trinajstić information content (AvgIpc) is 2.47. The molecule has 2 N–H and O–H groups in total. The Kier molecular flexibility index (Phi) is 4.84. The van der Waals surface area contributed by atoms with Gasteiger partial charge in [0.15, 0.2) is 0 Å². The lowest BCUT2D eigenvalue weighted by Gasteiger charge is -2.07. The fourth-order valence-corrected chi connectivity index (χ4v) is 1.88. The molecule has 2 aromatic rings. The van der Waals surface area contributed by atoms with E-state index in [4.69, 9.17) is 5.11 Å². The van der Waals surface area contributed by atoms with Gasteiger partial charge >= 0.3 is 0 Å². The lowest BCUT2D eigenvalue weighted by Crippen LogP contribution is -2.28. The molecule has 0 saturated carbocycles. The van der Waals surface area contributed by atoms with E-state index in [-0.39, 0.29) is 24.5 Å². The normalized spacial score (nSPS) is 10.7. The highest BCUT2D eigenvalue weighted by Crippen LogP contribution is 2.04. The van der Waals surface area contributed by atoms with E-state index >= 15 is 0 Å². The van der Waals surface area contributed by atoms with Gasteiger partial charge in [0.1, 0.15) is 0 Å². The summed E-state index contributed by atoms with van der Waals surface area (Å²) < 4.78 is 1.44. The molecule has 2 rings (SSSR count). The van der Waals surface area contributed by atoms with Gasteiger partial charge in [-0.3, -0.25) is 14.2 Å². The number of rotatable bonds is 6. The summed E-state index contributed by atoms with van der Waals surface area (Å²) in [6.45, 7) is 0.788. The van der Waals surface area contributed by atoms with Crippen LogP contribution in [0.3, 0.4) is 0 Å². The van der Waals surface area contributed by atoms with Gasteiger partial charge < -0.3 is 10.4 Å². The number of amides is 1. The zero-order chi connectivity index (χ0) is 14.4. The maximum atomic E-state index is 12.2. The molecule has 0 radical (unpaired) electrons. The van der Waals surface area contributed by atoms with Gasteiger partial charge in [0.05, 0.1) is 17.2 Å². The Bertz CT molecular complexity index is 651. The van der Waals surface area contributed by atoms with Crippen molar-refractivity contribution in [3.05, 3.63) is 40.9 Å². The minimum absolute atomic E-state index is 0.0499. The lowest BCUT2D eigenvalue weighted by atomic mass is 10.2. The van der Waals surface area contributed by atoms with Crippen molar-refractivity contribution in [2.75, 3.05) is 13.2 Å². The summed E-state index contributed by atoms with van der Waals surface area (Å²) in [5.41, 5.74) is 0.514. The van der Waals surface area contributed by atoms with E-state index in [0.29, 0.717) is 30.4 Å². The van der Waals surface area contributed by atoms with Gasteiger partial charge in [0.25, 0.3) is 5.56 Å². The molecule has 20 heavy (non-hydrogen) atoms. The van der Waals surface area contributed by atoms with E-state index in [9.17, 15) is 9.59 Å². The van der Waals surface area contributed by atoms with Crippen LogP contribution >= 0.6 is 0 Å². The number of aliphatic hydroxyl groups excluding tert-OH is 1. The second-order valence-electron chi connectivity index (χ2n) is 4.44. The van der Waals surface area contributed by atoms with Gasteiger partial charge in [0.2, 0.25) is 5.91 Å². The molecule has 0 unspecified atom stereocenters. The molecule has 1 aromatic heterocycles. The molecule has 0 fully saturated rings. The average molecular weight is 275 g/mol. The topological polar surface area (TPSA) is 84.2 Å². The highest BCUT2D eigenvalue weighted by molar-refractivity contribution is 5.77. The number of aryl methyl sites for hydroxylation is 1. The quantitative estimate of drug-likeness (QED) is 0.742. The molecular weight excluding hydrogens is 258 g/mol. The molecule has 0 atom stereocenters. The minimum atomic E-state index is -0.140. The molecule has 106 valence electrons. The third kappa shape index (κ3) is 3.42. The molecular formula is C14H17N3O3. The van der Waals surface area contributed by atoms with Crippen LogP contribution in [0.5, 0.6) is 0 Å². The first-order chi connectivity index (χ1) is 9.72. The third-order valence-corrected chi connectivity index (χ3v) is 2.97. The van der Waals surface area contributed by atoms with Crippen LogP contribution in [0.15, 0.2) is 35.4 Å². The molecule has 0 aliphatic heterocycles. The number of hydrogen-bond donors (Lipinski definition) is 2. The molecule has 0 saturated heterocycles. The Morgan fingerprint density at radius 3 is 2.95 bits per heavy atom. The van der Waals surface area contributed by atoms with Gasteiger partial charge in [-0.15, -0.1) is 0 Å². The van der Waals surface area contributed by atoms with Crippen LogP contribution in [0.1, 0.15) is 12.8 Å². The summed E-state index contributed by atoms with van der Waals surface area (Å²) in [7, 11) is 0. The highest BCUT2D eigenvalue weighted by atomic mass is 16.3. The van der Waals surface area contributed by atoms with Crippen molar-refractivity contribution in [3.63, 3.8) is 0 Å². The van der Waals surface area contributed by atoms with Crippen LogP contribution < -0.4 is 10.9 Å². The van der Waals surface area contributed by atoms with Crippen molar-refractivity contribution in [2.45, 2.75) is 19.4 Å². The zero-order valence-electron chi connectivity index (χ0n) is 11.1. The van der Waals surface area contributed by atoms with E-state index in [0.717, 1.165) is 0 Å². The number of carbonyl (C=O) groups is 1. The molecule has 6 nitrogen and oxygen atoms in total. The fourth-order valence-electron chi connectivity index (χ4n) is 1.88. The summed E-state index contributed by atoms with van der Waals surface area (Å²) in [4.78, 5) is 27.9. The zero-order valence-corrected chi connectivity index (χ0v) is 11.1. The summed E-state index contributed by atoms with van der Waals surface area (Å²) in [5.74, 6) is -0.140. The first kappa shape index (κ1) is 14.2. The Morgan fingerprint density at radius 1 is 1.35 bits per heavy atom. The van der Waals surface area contributed by atoms with Crippen LogP contribution in [0.4, 0.5) is 0 Å². The smallest absolute Gasteiger partial charge is 0.261 e. The molecule has 0 aliphatic carbocycles. The van der Waals surface area contributed by atoms with Crippen molar-refractivity contribution in [1.29, 1.82) is 0 Å². The summed E-state index contributed by atoms with van der Waals surface area (Å²) in [5, 5.41) is 11.8. The van der Waals surface area contributed by atoms with Crippen molar-refractivity contribution in [3.8, 4) is 0 Å². The van der Waals surface area contributed by atoms with Gasteiger partial charge in [-0.25, -0.2) is 4.98 Å². The summed E-state index contributed by atoms with van der Waals surface area (Å²) >= 11 is 0. The SMILES string of the molecule is O=C(CCn1cnc2ccccc2c1=O)NCCCO. The maximum Gasteiger partial charge on any atom is 0.261 e. The molecule has 6 heteroatoms. The van der Waals surface area contributed by atoms with Crippen molar-refractivity contribution in [1.82, 2.24) is 14.9 Å². The van der Waals surface area contributed by atoms with Gasteiger partial charge in [-0.05, 0) is 18.6 Å². The first-order valence-corrected chi connectivity index (χ1v) is 6.54. The number of carbonyl (C=O) groups excluding carboxylic acids is 1. The number of aromatic nitrogens is 2. The monoisotopic (exact) mass is 275 g/mol. The van der Waals surface area contributed by atoms with Gasteiger partial charge in [-0.1, -0.05) is 12.1 Å². The molecule has 0 bridgehead atoms. The molecule has 1 aromatic carbocycles. The van der Waals surface area contributed by atoms with Gasteiger partial charge in [0, 0.05) is 26.1 Å². The van der Waals surface area contributed by atoms with Crippen LogP contribution in [-0.4, -0.2) is 33.7 Å². The van der Waals surface area contributed by atoms with E-state index in [1.165, 1.54) is 10.9 Å². The van der Waals surface area contributed by atoms with Crippen LogP contribution in [0.25, 0.3) is 10.9 Å². The molecule has 0 aliphatic rings. The number of nitrogens with zero attached hydrogens (tertiary/aromatic N) is 2. The number of para-hydroxylation sites is 1. The molecule has 1 amide bonds. The number of fused-ring (bicyclic) bond motifs is 1. The maximum absolute atomic E-state index is 12.2. The van der Waals surface area contributed by atoms with E-state index in [1.807, 2.05) is 6.07 Å². The summed E-state index contributed by atoms with van der Waals surface area (Å²) in [6.07, 6.45) is 2.21. The largest absolute Gasteiger partial charge is 0.396 e. The predicted octanol–water partition coefficient (Wildman–Crippen LogP) is 0.285. The van der Waals surface area contributed by atoms with Crippen molar-refractivity contribution < 1.29 is 9.90 Å². The fraction of sp³-hybridized carbons (Fsp3) is 0.357. The van der Waals surface area contributed by atoms with Crippen molar-refractivity contribution >= 4 is 16.8 Å². The Morgan fingerprint density at radius 2 is 2.15 bits per heavy atom. The lowest BCUT2D eigenvalue weighted by molar-refractivity contribution is -0.121. The molecule has 1 heterocycles. The van der Waals surface area contributed by atoms with E-state index in [1.54, 1.807) is 18.2 Å². The van der Waals surface area contributed by atoms with Crippen LogP contribution in [0.2, 0.25) is 0 Å². The second kappa shape index (κ2) is 6.81. The first-order valence-electron chi connectivity index (χ1n) is 6.54. The van der Waals surface area contributed by atoms with E-state index < -0.39 is 0 Å². The Labute approximate surface area is 116 Å². The number of aliphatic hydroxyl groups is 1. The second-order valence-corrected chi connectivity index (χ2v) is 4.44. The number of hydrogen-bond acceptors (Lipinski definition) is 4. The Balaban J connectivity index is 2.02. The summed E-state index contributed by atoms with van der Waals surface area (Å²) in [6, 6.07) is 7.12. The van der Waals surface area contributed by atoms with Gasteiger partial charge in [-0.2, -0.15) is 0 Å². The highest BCUT2D eigenvalue weighted by Gasteiger charge is 2.05. The van der Waals surface area contributed by atoms with Crippen LogP contribution in [-0.2, 0) is 11.3 Å². The minimum Gasteiger partial charge on any atom is -0.396 e. The number of benzene rings is 1. The standard InChI is InChI=1S/C14H17N3O3/c18-9-3-7-15-13(19)6-8-17-10-16-12-5-2-1-4-11(12)14(17)20/h1-2,4-5,10,18H,3,6-9H2,(H,15,19). The molecule has 0 spiro atoms. The van der Waals surface area contributed by atoms with E-state index in [2.05, 4.69) is 10.3 Å². The van der Waals surface area contributed by atoms with Crippen LogP contribution in [0, 0.1) is 0 Å². The third-order valence-electron chi connectivity index (χ3n) is 2.97. The van der Waals surface area contributed by atoms with Crippen molar-refractivity contribution in [2.24, 2.45) is 0 Å². The number of nitrogens with one attached hydrogen (secondary N) is 1. The predicted molar refractivity (Wildman–Crippen MR) is 75.3 cm³/mol.